The molecule has 0 aliphatic carbocycles. The van der Waals surface area contributed by atoms with E-state index in [1.54, 1.807) is 18.2 Å². The molecule has 2 nitrogen and oxygen atoms in total. The first-order chi connectivity index (χ1) is 9.02. The van der Waals surface area contributed by atoms with Gasteiger partial charge in [-0.3, -0.25) is 0 Å². The lowest BCUT2D eigenvalue weighted by molar-refractivity contribution is 0.214. The molecule has 1 atom stereocenters. The Balaban J connectivity index is 2.41. The van der Waals surface area contributed by atoms with Gasteiger partial charge in [0.1, 0.15) is 23.5 Å². The Hall–Kier alpha value is -1.46. The number of ether oxygens (including phenoxy) is 1. The van der Waals surface area contributed by atoms with Crippen molar-refractivity contribution in [3.8, 4) is 5.75 Å². The number of halogens is 3. The minimum absolute atomic E-state index is 0.0999. The fraction of sp³-hybridized carbons (Fsp3) is 0.143. The molecule has 1 unspecified atom stereocenters. The predicted molar refractivity (Wildman–Crippen MR) is 71.1 cm³/mol. The van der Waals surface area contributed by atoms with Gasteiger partial charge in [0, 0.05) is 5.56 Å². The van der Waals surface area contributed by atoms with Crippen molar-refractivity contribution in [1.29, 1.82) is 0 Å². The van der Waals surface area contributed by atoms with Gasteiger partial charge < -0.3 is 9.84 Å². The molecular weight excluding hydrogens is 318 g/mol. The predicted octanol–water partition coefficient (Wildman–Crippen LogP) is 3.82. The molecule has 2 aromatic rings. The molecule has 0 fully saturated rings. The zero-order valence-corrected chi connectivity index (χ0v) is 11.6. The second-order valence-electron chi connectivity index (χ2n) is 3.96. The van der Waals surface area contributed by atoms with E-state index >= 15 is 0 Å². The maximum absolute atomic E-state index is 13.6. The first-order valence-electron chi connectivity index (χ1n) is 5.49. The molecule has 100 valence electrons. The minimum atomic E-state index is -1.24. The maximum atomic E-state index is 13.6. The highest BCUT2D eigenvalue weighted by molar-refractivity contribution is 9.10. The maximum Gasteiger partial charge on any atom is 0.133 e. The van der Waals surface area contributed by atoms with Crippen LogP contribution in [-0.4, -0.2) is 12.2 Å². The van der Waals surface area contributed by atoms with Crippen molar-refractivity contribution < 1.29 is 18.6 Å². The van der Waals surface area contributed by atoms with Crippen molar-refractivity contribution >= 4 is 15.9 Å². The molecule has 0 aromatic heterocycles. The molecule has 0 radical (unpaired) electrons. The van der Waals surface area contributed by atoms with Gasteiger partial charge in [0.2, 0.25) is 0 Å². The van der Waals surface area contributed by atoms with Gasteiger partial charge in [-0.25, -0.2) is 8.78 Å². The molecule has 0 saturated carbocycles. The zero-order chi connectivity index (χ0) is 14.0. The first-order valence-corrected chi connectivity index (χ1v) is 6.28. The fourth-order valence-corrected chi connectivity index (χ4v) is 2.31. The largest absolute Gasteiger partial charge is 0.496 e. The zero-order valence-electron chi connectivity index (χ0n) is 10.0. The summed E-state index contributed by atoms with van der Waals surface area (Å²) in [5, 5.41) is 10.1. The Kier molecular flexibility index (Phi) is 4.17. The molecule has 0 amide bonds. The Morgan fingerprint density at radius 1 is 1.16 bits per heavy atom. The molecule has 0 spiro atoms. The standard InChI is InChI=1S/C14H11BrF2O2/c1-19-13-5-2-8(6-11(13)15)14(18)10-7-9(16)3-4-12(10)17/h2-7,14,18H,1H3. The van der Waals surface area contributed by atoms with E-state index in [1.165, 1.54) is 7.11 Å². The summed E-state index contributed by atoms with van der Waals surface area (Å²) in [6.07, 6.45) is -1.24. The second-order valence-corrected chi connectivity index (χ2v) is 4.82. The van der Waals surface area contributed by atoms with Gasteiger partial charge in [0.25, 0.3) is 0 Å². The SMILES string of the molecule is COc1ccc(C(O)c2cc(F)ccc2F)cc1Br. The van der Waals surface area contributed by atoms with Gasteiger partial charge in [-0.2, -0.15) is 0 Å². The van der Waals surface area contributed by atoms with E-state index in [0.29, 0.717) is 15.8 Å². The number of aliphatic hydroxyl groups is 1. The van der Waals surface area contributed by atoms with E-state index in [-0.39, 0.29) is 5.56 Å². The molecule has 0 bridgehead atoms. The van der Waals surface area contributed by atoms with Crippen LogP contribution in [-0.2, 0) is 0 Å². The number of rotatable bonds is 3. The summed E-state index contributed by atoms with van der Waals surface area (Å²) in [7, 11) is 1.52. The van der Waals surface area contributed by atoms with E-state index < -0.39 is 17.7 Å². The Morgan fingerprint density at radius 2 is 1.89 bits per heavy atom. The lowest BCUT2D eigenvalue weighted by Gasteiger charge is -2.14. The number of benzene rings is 2. The van der Waals surface area contributed by atoms with Crippen molar-refractivity contribution in [3.05, 3.63) is 63.6 Å². The van der Waals surface area contributed by atoms with Crippen LogP contribution in [0.4, 0.5) is 8.78 Å². The van der Waals surface area contributed by atoms with Gasteiger partial charge in [0.15, 0.2) is 0 Å². The Bertz CT molecular complexity index is 602. The lowest BCUT2D eigenvalue weighted by Crippen LogP contribution is -2.03. The summed E-state index contributed by atoms with van der Waals surface area (Å²) in [6.45, 7) is 0. The lowest BCUT2D eigenvalue weighted by atomic mass is 10.0. The van der Waals surface area contributed by atoms with Crippen molar-refractivity contribution in [2.75, 3.05) is 7.11 Å². The Labute approximate surface area is 117 Å². The summed E-state index contributed by atoms with van der Waals surface area (Å²) >= 11 is 3.28. The molecule has 0 saturated heterocycles. The number of hydrogen-bond donors (Lipinski definition) is 1. The van der Waals surface area contributed by atoms with Crippen LogP contribution in [0.1, 0.15) is 17.2 Å². The third-order valence-corrected chi connectivity index (χ3v) is 3.36. The number of hydrogen-bond acceptors (Lipinski definition) is 2. The van der Waals surface area contributed by atoms with E-state index in [0.717, 1.165) is 18.2 Å². The molecule has 0 aliphatic heterocycles. The molecule has 1 N–H and O–H groups in total. The van der Waals surface area contributed by atoms with E-state index in [4.69, 9.17) is 4.74 Å². The third kappa shape index (κ3) is 2.93. The van der Waals surface area contributed by atoms with Crippen LogP contribution in [0.5, 0.6) is 5.75 Å². The minimum Gasteiger partial charge on any atom is -0.496 e. The molecule has 5 heteroatoms. The smallest absolute Gasteiger partial charge is 0.133 e. The Morgan fingerprint density at radius 3 is 2.53 bits per heavy atom. The van der Waals surface area contributed by atoms with Crippen LogP contribution in [0, 0.1) is 11.6 Å². The van der Waals surface area contributed by atoms with Crippen LogP contribution in [0.2, 0.25) is 0 Å². The van der Waals surface area contributed by atoms with Gasteiger partial charge in [-0.1, -0.05) is 6.07 Å². The summed E-state index contributed by atoms with van der Waals surface area (Å²) in [5.41, 5.74) is 0.342. The average Bonchev–Trinajstić information content (AvgIpc) is 2.40. The molecular formula is C14H11BrF2O2. The highest BCUT2D eigenvalue weighted by Gasteiger charge is 2.17. The summed E-state index contributed by atoms with van der Waals surface area (Å²) in [6, 6.07) is 7.83. The van der Waals surface area contributed by atoms with Crippen LogP contribution in [0.25, 0.3) is 0 Å². The van der Waals surface area contributed by atoms with Gasteiger partial charge in [-0.15, -0.1) is 0 Å². The van der Waals surface area contributed by atoms with Gasteiger partial charge in [0.05, 0.1) is 11.6 Å². The number of methoxy groups -OCH3 is 1. The summed E-state index contributed by atoms with van der Waals surface area (Å²) in [5.74, 6) is -0.653. The van der Waals surface area contributed by atoms with Crippen LogP contribution in [0.3, 0.4) is 0 Å². The highest BCUT2D eigenvalue weighted by Crippen LogP contribution is 2.31. The van der Waals surface area contributed by atoms with Crippen molar-refractivity contribution in [2.45, 2.75) is 6.10 Å². The second kappa shape index (κ2) is 5.67. The molecule has 0 aliphatic rings. The van der Waals surface area contributed by atoms with E-state index in [1.807, 2.05) is 0 Å². The molecule has 2 rings (SSSR count). The highest BCUT2D eigenvalue weighted by atomic mass is 79.9. The van der Waals surface area contributed by atoms with Crippen molar-refractivity contribution in [3.63, 3.8) is 0 Å². The van der Waals surface area contributed by atoms with Crippen LogP contribution >= 0.6 is 15.9 Å². The van der Waals surface area contributed by atoms with Gasteiger partial charge >= 0.3 is 0 Å². The van der Waals surface area contributed by atoms with Crippen molar-refractivity contribution in [2.24, 2.45) is 0 Å². The molecule has 0 heterocycles. The van der Waals surface area contributed by atoms with Crippen LogP contribution < -0.4 is 4.74 Å². The quantitative estimate of drug-likeness (QED) is 0.928. The topological polar surface area (TPSA) is 29.5 Å². The summed E-state index contributed by atoms with van der Waals surface area (Å²) < 4.78 is 32.4. The first kappa shape index (κ1) is 14.0. The van der Waals surface area contributed by atoms with Crippen LogP contribution in [0.15, 0.2) is 40.9 Å². The molecule has 2 aromatic carbocycles. The fourth-order valence-electron chi connectivity index (χ4n) is 1.76. The number of aliphatic hydroxyl groups excluding tert-OH is 1. The average molecular weight is 329 g/mol. The normalized spacial score (nSPS) is 12.3. The molecule has 19 heavy (non-hydrogen) atoms. The van der Waals surface area contributed by atoms with Gasteiger partial charge in [-0.05, 0) is 51.8 Å². The summed E-state index contributed by atoms with van der Waals surface area (Å²) in [4.78, 5) is 0. The third-order valence-electron chi connectivity index (χ3n) is 2.74. The monoisotopic (exact) mass is 328 g/mol. The van der Waals surface area contributed by atoms with E-state index in [9.17, 15) is 13.9 Å². The van der Waals surface area contributed by atoms with Crippen molar-refractivity contribution in [1.82, 2.24) is 0 Å². The van der Waals surface area contributed by atoms with E-state index in [2.05, 4.69) is 15.9 Å².